The van der Waals surface area contributed by atoms with Crippen molar-refractivity contribution in [1.29, 1.82) is 0 Å². The summed E-state index contributed by atoms with van der Waals surface area (Å²) in [6.45, 7) is 6.28. The number of nitrogens with one attached hydrogen (secondary N) is 1. The summed E-state index contributed by atoms with van der Waals surface area (Å²) >= 11 is 3.38. The lowest BCUT2D eigenvalue weighted by Gasteiger charge is -2.22. The van der Waals surface area contributed by atoms with E-state index in [0.717, 1.165) is 24.4 Å². The molecule has 19 heavy (non-hydrogen) atoms. The molecule has 0 aromatic carbocycles. The van der Waals surface area contributed by atoms with Gasteiger partial charge in [0.1, 0.15) is 10.3 Å². The molecule has 1 aromatic heterocycles. The fourth-order valence-corrected chi connectivity index (χ4v) is 3.50. The maximum Gasteiger partial charge on any atom is 0.265 e. The van der Waals surface area contributed by atoms with Gasteiger partial charge in [-0.2, -0.15) is 0 Å². The molecule has 0 amide bonds. The highest BCUT2D eigenvalue weighted by molar-refractivity contribution is 9.10. The molecule has 1 aliphatic carbocycles. The molecular weight excluding hydrogens is 304 g/mol. The van der Waals surface area contributed by atoms with Crippen LogP contribution in [0.15, 0.2) is 9.27 Å². The minimum atomic E-state index is -0.118. The van der Waals surface area contributed by atoms with E-state index >= 15 is 0 Å². The predicted molar refractivity (Wildman–Crippen MR) is 81.7 cm³/mol. The highest BCUT2D eigenvalue weighted by Gasteiger charge is 2.24. The zero-order valence-electron chi connectivity index (χ0n) is 12.1. The van der Waals surface area contributed by atoms with Crippen LogP contribution in [0.2, 0.25) is 0 Å². The number of aromatic amines is 1. The van der Waals surface area contributed by atoms with Gasteiger partial charge in [0.2, 0.25) is 0 Å². The number of halogens is 1. The fourth-order valence-electron chi connectivity index (χ4n) is 2.72. The van der Waals surface area contributed by atoms with Crippen LogP contribution >= 0.6 is 15.9 Å². The first-order chi connectivity index (χ1) is 8.89. The van der Waals surface area contributed by atoms with Crippen molar-refractivity contribution in [2.75, 3.05) is 0 Å². The SMILES string of the molecule is CC(C)(C)c1nc(C2CCCCCC2)[nH]c(=O)c1Br. The number of nitrogens with zero attached hydrogens (tertiary/aromatic N) is 1. The zero-order valence-corrected chi connectivity index (χ0v) is 13.6. The third-order valence-corrected chi connectivity index (χ3v) is 4.57. The van der Waals surface area contributed by atoms with Crippen LogP contribution < -0.4 is 5.56 Å². The second-order valence-corrected chi connectivity index (χ2v) is 7.35. The normalized spacial score (nSPS) is 18.3. The number of hydrogen-bond donors (Lipinski definition) is 1. The monoisotopic (exact) mass is 326 g/mol. The van der Waals surface area contributed by atoms with Crippen LogP contribution in [0.3, 0.4) is 0 Å². The van der Waals surface area contributed by atoms with Gasteiger partial charge in [-0.15, -0.1) is 0 Å². The van der Waals surface area contributed by atoms with Crippen LogP contribution in [-0.4, -0.2) is 9.97 Å². The van der Waals surface area contributed by atoms with Crippen molar-refractivity contribution in [2.45, 2.75) is 70.6 Å². The van der Waals surface area contributed by atoms with Gasteiger partial charge in [-0.25, -0.2) is 4.98 Å². The largest absolute Gasteiger partial charge is 0.309 e. The molecule has 1 fully saturated rings. The van der Waals surface area contributed by atoms with Crippen LogP contribution in [-0.2, 0) is 5.41 Å². The molecule has 0 aliphatic heterocycles. The Labute approximate surface area is 123 Å². The van der Waals surface area contributed by atoms with Crippen LogP contribution in [0, 0.1) is 0 Å². The Morgan fingerprint density at radius 3 is 2.26 bits per heavy atom. The van der Waals surface area contributed by atoms with Crippen LogP contribution in [0.1, 0.15) is 76.7 Å². The zero-order chi connectivity index (χ0) is 14.0. The highest BCUT2D eigenvalue weighted by Crippen LogP contribution is 2.31. The second-order valence-electron chi connectivity index (χ2n) is 6.55. The van der Waals surface area contributed by atoms with E-state index in [-0.39, 0.29) is 11.0 Å². The predicted octanol–water partition coefficient (Wildman–Crippen LogP) is 4.27. The summed E-state index contributed by atoms with van der Waals surface area (Å²) in [5.41, 5.74) is 0.710. The molecule has 0 radical (unpaired) electrons. The Kier molecular flexibility index (Phi) is 4.49. The fraction of sp³-hybridized carbons (Fsp3) is 0.733. The standard InChI is InChI=1S/C15H23BrN2O/c1-15(2,3)12-11(16)14(19)18-13(17-12)10-8-6-4-5-7-9-10/h10H,4-9H2,1-3H3,(H,17,18,19). The van der Waals surface area contributed by atoms with Gasteiger partial charge in [-0.3, -0.25) is 4.79 Å². The van der Waals surface area contributed by atoms with E-state index in [1.54, 1.807) is 0 Å². The molecule has 0 unspecified atom stereocenters. The van der Waals surface area contributed by atoms with E-state index in [4.69, 9.17) is 4.98 Å². The summed E-state index contributed by atoms with van der Waals surface area (Å²) in [5, 5.41) is 0. The Morgan fingerprint density at radius 1 is 1.16 bits per heavy atom. The molecule has 0 spiro atoms. The van der Waals surface area contributed by atoms with E-state index in [2.05, 4.69) is 41.7 Å². The van der Waals surface area contributed by atoms with Crippen LogP contribution in [0.25, 0.3) is 0 Å². The maximum absolute atomic E-state index is 12.1. The summed E-state index contributed by atoms with van der Waals surface area (Å²) in [5.74, 6) is 1.31. The molecule has 0 bridgehead atoms. The average Bonchev–Trinajstić information content (AvgIpc) is 2.59. The summed E-state index contributed by atoms with van der Waals surface area (Å²) < 4.78 is 0.581. The van der Waals surface area contributed by atoms with Gasteiger partial charge in [0.05, 0.1) is 5.69 Å². The van der Waals surface area contributed by atoms with E-state index in [9.17, 15) is 4.79 Å². The molecule has 1 N–H and O–H groups in total. The van der Waals surface area contributed by atoms with Gasteiger partial charge in [-0.1, -0.05) is 46.5 Å². The third kappa shape index (κ3) is 3.47. The number of H-pyrrole nitrogens is 1. The van der Waals surface area contributed by atoms with Crippen molar-refractivity contribution >= 4 is 15.9 Å². The van der Waals surface area contributed by atoms with Gasteiger partial charge < -0.3 is 4.98 Å². The molecule has 4 heteroatoms. The quantitative estimate of drug-likeness (QED) is 0.783. The molecule has 106 valence electrons. The Bertz CT molecular complexity index is 494. The summed E-state index contributed by atoms with van der Waals surface area (Å²) in [7, 11) is 0. The van der Waals surface area contributed by atoms with Gasteiger partial charge >= 0.3 is 0 Å². The lowest BCUT2D eigenvalue weighted by molar-refractivity contribution is 0.521. The molecule has 0 atom stereocenters. The van der Waals surface area contributed by atoms with Crippen molar-refractivity contribution < 1.29 is 0 Å². The lowest BCUT2D eigenvalue weighted by atomic mass is 9.91. The van der Waals surface area contributed by atoms with Gasteiger partial charge in [0.15, 0.2) is 0 Å². The number of hydrogen-bond acceptors (Lipinski definition) is 2. The third-order valence-electron chi connectivity index (χ3n) is 3.83. The first kappa shape index (κ1) is 14.8. The van der Waals surface area contributed by atoms with E-state index < -0.39 is 0 Å². The smallest absolute Gasteiger partial charge is 0.265 e. The minimum absolute atomic E-state index is 0.0424. The molecular formula is C15H23BrN2O. The van der Waals surface area contributed by atoms with Crippen LogP contribution in [0.5, 0.6) is 0 Å². The highest BCUT2D eigenvalue weighted by atomic mass is 79.9. The second kappa shape index (κ2) is 5.78. The van der Waals surface area contributed by atoms with Gasteiger partial charge in [-0.05, 0) is 28.8 Å². The molecule has 2 rings (SSSR count). The minimum Gasteiger partial charge on any atom is -0.309 e. The van der Waals surface area contributed by atoms with Crippen molar-refractivity contribution in [3.63, 3.8) is 0 Å². The van der Waals surface area contributed by atoms with Gasteiger partial charge in [0.25, 0.3) is 5.56 Å². The number of aromatic nitrogens is 2. The van der Waals surface area contributed by atoms with E-state index in [1.165, 1.54) is 25.7 Å². The van der Waals surface area contributed by atoms with Crippen molar-refractivity contribution in [3.05, 3.63) is 26.3 Å². The molecule has 1 aromatic rings. The molecule has 3 nitrogen and oxygen atoms in total. The summed E-state index contributed by atoms with van der Waals surface area (Å²) in [6, 6.07) is 0. The first-order valence-electron chi connectivity index (χ1n) is 7.20. The Balaban J connectivity index is 2.41. The topological polar surface area (TPSA) is 45.8 Å². The molecule has 0 saturated heterocycles. The van der Waals surface area contributed by atoms with Crippen molar-refractivity contribution in [1.82, 2.24) is 9.97 Å². The van der Waals surface area contributed by atoms with Gasteiger partial charge in [0, 0.05) is 11.3 Å². The molecule has 1 saturated carbocycles. The van der Waals surface area contributed by atoms with Crippen molar-refractivity contribution in [2.24, 2.45) is 0 Å². The molecule has 1 heterocycles. The number of rotatable bonds is 1. The first-order valence-corrected chi connectivity index (χ1v) is 7.99. The Morgan fingerprint density at radius 2 is 1.74 bits per heavy atom. The van der Waals surface area contributed by atoms with Crippen LogP contribution in [0.4, 0.5) is 0 Å². The van der Waals surface area contributed by atoms with Crippen molar-refractivity contribution in [3.8, 4) is 0 Å². The molecule has 1 aliphatic rings. The Hall–Kier alpha value is -0.640. The van der Waals surface area contributed by atoms with E-state index in [1.807, 2.05) is 0 Å². The summed E-state index contributed by atoms with van der Waals surface area (Å²) in [6.07, 6.45) is 7.40. The lowest BCUT2D eigenvalue weighted by Crippen LogP contribution is -2.24. The average molecular weight is 327 g/mol. The maximum atomic E-state index is 12.1. The summed E-state index contributed by atoms with van der Waals surface area (Å²) in [4.78, 5) is 19.8. The van der Waals surface area contributed by atoms with E-state index in [0.29, 0.717) is 10.4 Å².